The zero-order valence-corrected chi connectivity index (χ0v) is 11.5. The Morgan fingerprint density at radius 1 is 1.22 bits per heavy atom. The van der Waals surface area contributed by atoms with Crippen LogP contribution in [0.4, 0.5) is 0 Å². The van der Waals surface area contributed by atoms with Crippen LogP contribution in [0.25, 0.3) is 0 Å². The Hall–Kier alpha value is -1.32. The summed E-state index contributed by atoms with van der Waals surface area (Å²) in [6, 6.07) is 10.6. The Morgan fingerprint density at radius 2 is 2.06 bits per heavy atom. The van der Waals surface area contributed by atoms with E-state index in [9.17, 15) is 0 Å². The van der Waals surface area contributed by atoms with Gasteiger partial charge in [-0.3, -0.25) is 0 Å². The van der Waals surface area contributed by atoms with Gasteiger partial charge < -0.3 is 10.5 Å². The third kappa shape index (κ3) is 2.04. The number of benzene rings is 1. The molecular formula is C15H17NOS. The first-order valence-corrected chi connectivity index (χ1v) is 7.04. The molecule has 0 bridgehead atoms. The van der Waals surface area contributed by atoms with E-state index < -0.39 is 0 Å². The van der Waals surface area contributed by atoms with Crippen LogP contribution in [0.3, 0.4) is 0 Å². The molecule has 94 valence electrons. The van der Waals surface area contributed by atoms with Crippen molar-refractivity contribution in [3.8, 4) is 5.75 Å². The maximum atomic E-state index is 6.27. The molecular weight excluding hydrogens is 242 g/mol. The molecule has 2 atom stereocenters. The number of nitrogens with two attached hydrogens (primary N) is 1. The molecule has 0 amide bonds. The lowest BCUT2D eigenvalue weighted by Gasteiger charge is -2.30. The number of fused-ring (bicyclic) bond motifs is 1. The summed E-state index contributed by atoms with van der Waals surface area (Å²) in [6.07, 6.45) is 0.963. The van der Waals surface area contributed by atoms with Crippen LogP contribution in [-0.2, 0) is 0 Å². The average Bonchev–Trinajstić information content (AvgIpc) is 2.77. The third-order valence-electron chi connectivity index (χ3n) is 3.38. The van der Waals surface area contributed by atoms with Gasteiger partial charge in [0, 0.05) is 27.8 Å². The Kier molecular flexibility index (Phi) is 2.88. The van der Waals surface area contributed by atoms with Crippen molar-refractivity contribution < 1.29 is 4.74 Å². The van der Waals surface area contributed by atoms with Crippen LogP contribution in [0.5, 0.6) is 5.75 Å². The summed E-state index contributed by atoms with van der Waals surface area (Å²) in [4.78, 5) is 2.59. The van der Waals surface area contributed by atoms with Gasteiger partial charge in [-0.2, -0.15) is 0 Å². The molecule has 1 aliphatic heterocycles. The van der Waals surface area contributed by atoms with Crippen LogP contribution >= 0.6 is 11.3 Å². The van der Waals surface area contributed by atoms with E-state index in [2.05, 4.69) is 38.1 Å². The van der Waals surface area contributed by atoms with Gasteiger partial charge in [-0.25, -0.2) is 0 Å². The highest BCUT2D eigenvalue weighted by Gasteiger charge is 2.27. The van der Waals surface area contributed by atoms with Gasteiger partial charge in [0.05, 0.1) is 0 Å². The zero-order valence-electron chi connectivity index (χ0n) is 10.6. The van der Waals surface area contributed by atoms with Crippen LogP contribution in [0.15, 0.2) is 30.3 Å². The van der Waals surface area contributed by atoms with Crippen molar-refractivity contribution >= 4 is 11.3 Å². The van der Waals surface area contributed by atoms with Crippen LogP contribution in [0, 0.1) is 13.8 Å². The molecule has 1 aliphatic rings. The van der Waals surface area contributed by atoms with Crippen LogP contribution < -0.4 is 10.5 Å². The fourth-order valence-corrected chi connectivity index (χ4v) is 3.34. The molecule has 0 radical (unpaired) electrons. The molecule has 1 aromatic heterocycles. The number of ether oxygens (including phenoxy) is 1. The van der Waals surface area contributed by atoms with E-state index in [1.807, 2.05) is 6.07 Å². The molecule has 2 aromatic rings. The quantitative estimate of drug-likeness (QED) is 0.843. The summed E-state index contributed by atoms with van der Waals surface area (Å²) < 4.78 is 6.09. The third-order valence-corrected chi connectivity index (χ3v) is 4.47. The lowest BCUT2D eigenvalue weighted by atomic mass is 9.95. The highest BCUT2D eigenvalue weighted by atomic mass is 32.1. The molecule has 2 heterocycles. The highest BCUT2D eigenvalue weighted by Crippen LogP contribution is 2.41. The maximum Gasteiger partial charge on any atom is 0.135 e. The summed E-state index contributed by atoms with van der Waals surface area (Å²) in [7, 11) is 0. The van der Waals surface area contributed by atoms with Gasteiger partial charge in [0.25, 0.3) is 0 Å². The van der Waals surface area contributed by atoms with E-state index in [4.69, 9.17) is 10.5 Å². The van der Waals surface area contributed by atoms with E-state index in [0.29, 0.717) is 0 Å². The van der Waals surface area contributed by atoms with E-state index in [-0.39, 0.29) is 12.1 Å². The Balaban J connectivity index is 1.94. The summed E-state index contributed by atoms with van der Waals surface area (Å²) in [5, 5.41) is 0. The van der Waals surface area contributed by atoms with Gasteiger partial charge in [0.2, 0.25) is 0 Å². The molecule has 0 aliphatic carbocycles. The molecule has 3 heteroatoms. The van der Waals surface area contributed by atoms with Gasteiger partial charge in [0.15, 0.2) is 0 Å². The average molecular weight is 259 g/mol. The van der Waals surface area contributed by atoms with Crippen molar-refractivity contribution in [2.75, 3.05) is 0 Å². The number of rotatable bonds is 1. The van der Waals surface area contributed by atoms with E-state index in [1.165, 1.54) is 15.3 Å². The van der Waals surface area contributed by atoms with Crippen LogP contribution in [0.2, 0.25) is 0 Å². The standard InChI is InChI=1S/C15H17NOS/c1-9-3-5-13-11(7-9)12(16)8-14(17-13)15-6-4-10(2)18-15/h3-7,12,14H,8,16H2,1-2H3. The van der Waals surface area contributed by atoms with Crippen molar-refractivity contribution in [3.05, 3.63) is 51.2 Å². The molecule has 0 saturated heterocycles. The van der Waals surface area contributed by atoms with Crippen molar-refractivity contribution in [1.29, 1.82) is 0 Å². The smallest absolute Gasteiger partial charge is 0.135 e. The zero-order chi connectivity index (χ0) is 12.7. The first-order valence-electron chi connectivity index (χ1n) is 6.22. The number of hydrogen-bond acceptors (Lipinski definition) is 3. The molecule has 3 rings (SSSR count). The highest BCUT2D eigenvalue weighted by molar-refractivity contribution is 7.12. The van der Waals surface area contributed by atoms with Gasteiger partial charge in [0.1, 0.15) is 11.9 Å². The van der Waals surface area contributed by atoms with Crippen molar-refractivity contribution in [2.24, 2.45) is 5.73 Å². The van der Waals surface area contributed by atoms with Crippen molar-refractivity contribution in [2.45, 2.75) is 32.4 Å². The Labute approximate surface area is 111 Å². The van der Waals surface area contributed by atoms with E-state index >= 15 is 0 Å². The fraction of sp³-hybridized carbons (Fsp3) is 0.333. The Morgan fingerprint density at radius 3 is 2.78 bits per heavy atom. The topological polar surface area (TPSA) is 35.2 Å². The second-order valence-corrected chi connectivity index (χ2v) is 6.26. The normalized spacial score (nSPS) is 22.4. The number of thiophene rings is 1. The number of aryl methyl sites for hydroxylation is 2. The fourth-order valence-electron chi connectivity index (χ4n) is 2.42. The summed E-state index contributed by atoms with van der Waals surface area (Å²) >= 11 is 1.79. The largest absolute Gasteiger partial charge is 0.484 e. The lowest BCUT2D eigenvalue weighted by Crippen LogP contribution is -2.23. The predicted molar refractivity (Wildman–Crippen MR) is 75.1 cm³/mol. The second-order valence-electron chi connectivity index (χ2n) is 4.94. The first kappa shape index (κ1) is 11.8. The molecule has 0 fully saturated rings. The summed E-state index contributed by atoms with van der Waals surface area (Å²) in [5.41, 5.74) is 8.65. The molecule has 0 saturated carbocycles. The minimum absolute atomic E-state index is 0.0704. The van der Waals surface area contributed by atoms with Gasteiger partial charge in [-0.1, -0.05) is 17.7 Å². The monoisotopic (exact) mass is 259 g/mol. The van der Waals surface area contributed by atoms with Gasteiger partial charge in [-0.05, 0) is 32.0 Å². The minimum Gasteiger partial charge on any atom is -0.484 e. The second kappa shape index (κ2) is 4.41. The van der Waals surface area contributed by atoms with Crippen molar-refractivity contribution in [1.82, 2.24) is 0 Å². The molecule has 2 nitrogen and oxygen atoms in total. The lowest BCUT2D eigenvalue weighted by molar-refractivity contribution is 0.165. The molecule has 0 spiro atoms. The molecule has 2 N–H and O–H groups in total. The maximum absolute atomic E-state index is 6.27. The van der Waals surface area contributed by atoms with Gasteiger partial charge >= 0.3 is 0 Å². The van der Waals surface area contributed by atoms with Gasteiger partial charge in [-0.15, -0.1) is 11.3 Å². The predicted octanol–water partition coefficient (Wildman–Crippen LogP) is 3.89. The molecule has 2 unspecified atom stereocenters. The number of hydrogen-bond donors (Lipinski definition) is 1. The SMILES string of the molecule is Cc1ccc2c(c1)C(N)CC(c1ccc(C)s1)O2. The van der Waals surface area contributed by atoms with E-state index in [1.54, 1.807) is 11.3 Å². The van der Waals surface area contributed by atoms with Crippen LogP contribution in [0.1, 0.15) is 39.4 Å². The first-order chi connectivity index (χ1) is 8.63. The molecule has 18 heavy (non-hydrogen) atoms. The van der Waals surface area contributed by atoms with Crippen LogP contribution in [-0.4, -0.2) is 0 Å². The summed E-state index contributed by atoms with van der Waals surface area (Å²) in [6.45, 7) is 4.20. The van der Waals surface area contributed by atoms with E-state index in [0.717, 1.165) is 17.7 Å². The minimum atomic E-state index is 0.0704. The summed E-state index contributed by atoms with van der Waals surface area (Å²) in [5.74, 6) is 0.940. The van der Waals surface area contributed by atoms with Crippen molar-refractivity contribution in [3.63, 3.8) is 0 Å². The Bertz CT molecular complexity index is 576. The molecule has 1 aromatic carbocycles.